The van der Waals surface area contributed by atoms with Gasteiger partial charge in [-0.15, -0.1) is 11.3 Å². The number of thiophene rings is 1. The summed E-state index contributed by atoms with van der Waals surface area (Å²) in [4.78, 5) is 1.36. The van der Waals surface area contributed by atoms with Crippen molar-refractivity contribution >= 4 is 11.3 Å². The van der Waals surface area contributed by atoms with Gasteiger partial charge < -0.3 is 5.73 Å². The summed E-state index contributed by atoms with van der Waals surface area (Å²) >= 11 is 1.79. The topological polar surface area (TPSA) is 26.0 Å². The minimum atomic E-state index is 0.296. The van der Waals surface area contributed by atoms with Gasteiger partial charge in [-0.25, -0.2) is 0 Å². The molecule has 2 N–H and O–H groups in total. The van der Waals surface area contributed by atoms with Crippen LogP contribution in [-0.4, -0.2) is 0 Å². The molecule has 1 saturated carbocycles. The molecule has 0 spiro atoms. The van der Waals surface area contributed by atoms with E-state index in [1.165, 1.54) is 24.1 Å². The SMILES string of the molecule is CC1CCC(C(N)c2cccs2)C1. The number of hydrogen-bond acceptors (Lipinski definition) is 2. The molecule has 3 unspecified atom stereocenters. The van der Waals surface area contributed by atoms with Crippen molar-refractivity contribution in [2.45, 2.75) is 32.2 Å². The maximum absolute atomic E-state index is 6.22. The van der Waals surface area contributed by atoms with Crippen LogP contribution in [0.3, 0.4) is 0 Å². The van der Waals surface area contributed by atoms with Crippen LogP contribution < -0.4 is 5.73 Å². The van der Waals surface area contributed by atoms with Crippen molar-refractivity contribution in [1.29, 1.82) is 0 Å². The van der Waals surface area contributed by atoms with E-state index in [-0.39, 0.29) is 0 Å². The van der Waals surface area contributed by atoms with Crippen LogP contribution in [0.25, 0.3) is 0 Å². The zero-order valence-corrected chi connectivity index (χ0v) is 8.89. The van der Waals surface area contributed by atoms with Gasteiger partial charge in [0.2, 0.25) is 0 Å². The largest absolute Gasteiger partial charge is 0.323 e. The van der Waals surface area contributed by atoms with Crippen molar-refractivity contribution in [1.82, 2.24) is 0 Å². The van der Waals surface area contributed by atoms with Crippen molar-refractivity contribution in [2.75, 3.05) is 0 Å². The molecule has 0 aromatic carbocycles. The van der Waals surface area contributed by atoms with E-state index in [4.69, 9.17) is 5.73 Å². The van der Waals surface area contributed by atoms with Gasteiger partial charge in [0.05, 0.1) is 0 Å². The summed E-state index contributed by atoms with van der Waals surface area (Å²) in [5, 5.41) is 2.12. The monoisotopic (exact) mass is 195 g/mol. The van der Waals surface area contributed by atoms with Gasteiger partial charge in [0.25, 0.3) is 0 Å². The van der Waals surface area contributed by atoms with E-state index in [9.17, 15) is 0 Å². The van der Waals surface area contributed by atoms with Crippen molar-refractivity contribution in [3.63, 3.8) is 0 Å². The summed E-state index contributed by atoms with van der Waals surface area (Å²) in [5.41, 5.74) is 6.22. The van der Waals surface area contributed by atoms with Crippen molar-refractivity contribution in [2.24, 2.45) is 17.6 Å². The summed E-state index contributed by atoms with van der Waals surface area (Å²) in [6.07, 6.45) is 4.00. The molecule has 0 bridgehead atoms. The van der Waals surface area contributed by atoms with Crippen LogP contribution in [0.4, 0.5) is 0 Å². The average molecular weight is 195 g/mol. The Morgan fingerprint density at radius 2 is 2.38 bits per heavy atom. The molecule has 0 amide bonds. The molecular formula is C11H17NS. The van der Waals surface area contributed by atoms with Crippen LogP contribution in [0.2, 0.25) is 0 Å². The highest BCUT2D eigenvalue weighted by atomic mass is 32.1. The molecule has 1 aromatic rings. The molecule has 13 heavy (non-hydrogen) atoms. The summed E-state index contributed by atoms with van der Waals surface area (Å²) in [6.45, 7) is 2.33. The fourth-order valence-electron chi connectivity index (χ4n) is 2.29. The lowest BCUT2D eigenvalue weighted by Gasteiger charge is -2.17. The van der Waals surface area contributed by atoms with Crippen molar-refractivity contribution in [3.8, 4) is 0 Å². The molecule has 1 aliphatic carbocycles. The molecule has 0 radical (unpaired) electrons. The highest BCUT2D eigenvalue weighted by Crippen LogP contribution is 2.38. The molecule has 2 heteroatoms. The van der Waals surface area contributed by atoms with Crippen molar-refractivity contribution < 1.29 is 0 Å². The standard InChI is InChI=1S/C11H17NS/c1-8-4-5-9(7-8)11(12)10-3-2-6-13-10/h2-3,6,8-9,11H,4-5,7,12H2,1H3. The first kappa shape index (κ1) is 9.22. The molecule has 1 aliphatic rings. The Hall–Kier alpha value is -0.340. The van der Waals surface area contributed by atoms with E-state index in [2.05, 4.69) is 24.4 Å². The van der Waals surface area contributed by atoms with Gasteiger partial charge in [0.15, 0.2) is 0 Å². The normalized spacial score (nSPS) is 30.6. The van der Waals surface area contributed by atoms with Crippen LogP contribution in [0, 0.1) is 11.8 Å². The van der Waals surface area contributed by atoms with Gasteiger partial charge in [-0.1, -0.05) is 19.4 Å². The van der Waals surface area contributed by atoms with Crippen LogP contribution in [0.5, 0.6) is 0 Å². The fourth-order valence-corrected chi connectivity index (χ4v) is 3.11. The quantitative estimate of drug-likeness (QED) is 0.770. The minimum Gasteiger partial charge on any atom is -0.323 e. The van der Waals surface area contributed by atoms with Gasteiger partial charge in [-0.3, -0.25) is 0 Å². The first-order chi connectivity index (χ1) is 6.27. The third-order valence-corrected chi connectivity index (χ3v) is 4.09. The Kier molecular flexibility index (Phi) is 2.70. The lowest BCUT2D eigenvalue weighted by atomic mass is 9.96. The molecule has 3 atom stereocenters. The summed E-state index contributed by atoms with van der Waals surface area (Å²) in [7, 11) is 0. The molecule has 1 heterocycles. The molecule has 1 nitrogen and oxygen atoms in total. The van der Waals surface area contributed by atoms with Gasteiger partial charge in [-0.05, 0) is 36.1 Å². The van der Waals surface area contributed by atoms with Gasteiger partial charge in [0.1, 0.15) is 0 Å². The van der Waals surface area contributed by atoms with Gasteiger partial charge in [-0.2, -0.15) is 0 Å². The Morgan fingerprint density at radius 3 is 2.92 bits per heavy atom. The Balaban J connectivity index is 2.02. The number of nitrogens with two attached hydrogens (primary N) is 1. The minimum absolute atomic E-state index is 0.296. The van der Waals surface area contributed by atoms with E-state index in [1.807, 2.05) is 0 Å². The lowest BCUT2D eigenvalue weighted by molar-refractivity contribution is 0.433. The van der Waals surface area contributed by atoms with Crippen LogP contribution in [0.15, 0.2) is 17.5 Å². The molecule has 72 valence electrons. The summed E-state index contributed by atoms with van der Waals surface area (Å²) in [6, 6.07) is 4.56. The number of hydrogen-bond donors (Lipinski definition) is 1. The van der Waals surface area contributed by atoms with Gasteiger partial charge in [0, 0.05) is 10.9 Å². The highest BCUT2D eigenvalue weighted by Gasteiger charge is 2.27. The molecule has 1 aromatic heterocycles. The summed E-state index contributed by atoms with van der Waals surface area (Å²) in [5.74, 6) is 1.62. The molecular weight excluding hydrogens is 178 g/mol. The summed E-state index contributed by atoms with van der Waals surface area (Å²) < 4.78 is 0. The van der Waals surface area contributed by atoms with E-state index in [0.717, 1.165) is 11.8 Å². The fraction of sp³-hybridized carbons (Fsp3) is 0.636. The molecule has 0 aliphatic heterocycles. The lowest BCUT2D eigenvalue weighted by Crippen LogP contribution is -2.18. The van der Waals surface area contributed by atoms with Gasteiger partial charge >= 0.3 is 0 Å². The first-order valence-electron chi connectivity index (χ1n) is 5.06. The zero-order chi connectivity index (χ0) is 9.26. The average Bonchev–Trinajstić information content (AvgIpc) is 2.72. The van der Waals surface area contributed by atoms with E-state index < -0.39 is 0 Å². The van der Waals surface area contributed by atoms with E-state index in [0.29, 0.717) is 6.04 Å². The van der Waals surface area contributed by atoms with Crippen LogP contribution in [0.1, 0.15) is 37.1 Å². The molecule has 0 saturated heterocycles. The van der Waals surface area contributed by atoms with Crippen LogP contribution in [-0.2, 0) is 0 Å². The first-order valence-corrected chi connectivity index (χ1v) is 5.94. The maximum atomic E-state index is 6.22. The molecule has 1 fully saturated rings. The maximum Gasteiger partial charge on any atom is 0.0418 e. The second kappa shape index (κ2) is 3.81. The third kappa shape index (κ3) is 1.94. The third-order valence-electron chi connectivity index (χ3n) is 3.11. The Bertz CT molecular complexity index is 255. The predicted molar refractivity (Wildman–Crippen MR) is 57.8 cm³/mol. The van der Waals surface area contributed by atoms with E-state index in [1.54, 1.807) is 11.3 Å². The predicted octanol–water partition coefficient (Wildman–Crippen LogP) is 3.18. The Labute approximate surface area is 84.0 Å². The van der Waals surface area contributed by atoms with Crippen LogP contribution >= 0.6 is 11.3 Å². The zero-order valence-electron chi connectivity index (χ0n) is 8.07. The van der Waals surface area contributed by atoms with E-state index >= 15 is 0 Å². The second-order valence-electron chi connectivity index (χ2n) is 4.22. The smallest absolute Gasteiger partial charge is 0.0418 e. The molecule has 2 rings (SSSR count). The second-order valence-corrected chi connectivity index (χ2v) is 5.20. The highest BCUT2D eigenvalue weighted by molar-refractivity contribution is 7.10. The number of rotatable bonds is 2. The Morgan fingerprint density at radius 1 is 1.54 bits per heavy atom. The van der Waals surface area contributed by atoms with Crippen molar-refractivity contribution in [3.05, 3.63) is 22.4 Å².